The molecule has 0 radical (unpaired) electrons. The molecule has 0 aliphatic carbocycles. The van der Waals surface area contributed by atoms with Gasteiger partial charge in [0.25, 0.3) is 0 Å². The number of benzene rings is 10. The zero-order chi connectivity index (χ0) is 40.3. The molecule has 286 valence electrons. The summed E-state index contributed by atoms with van der Waals surface area (Å²) in [6, 6.07) is 83.0. The second-order valence-corrected chi connectivity index (χ2v) is 15.7. The van der Waals surface area contributed by atoms with E-state index in [1.807, 2.05) is 12.1 Å². The van der Waals surface area contributed by atoms with Gasteiger partial charge in [0.15, 0.2) is 0 Å². The summed E-state index contributed by atoms with van der Waals surface area (Å²) < 4.78 is 8.63. The molecule has 0 N–H and O–H groups in total. The summed E-state index contributed by atoms with van der Waals surface area (Å²) in [7, 11) is 0. The lowest BCUT2D eigenvalue weighted by Gasteiger charge is -2.28. The van der Waals surface area contributed by atoms with Crippen LogP contribution < -0.4 is 4.90 Å². The Morgan fingerprint density at radius 1 is 0.344 bits per heavy atom. The van der Waals surface area contributed by atoms with E-state index < -0.39 is 0 Å². The molecule has 3 heteroatoms. The van der Waals surface area contributed by atoms with E-state index in [1.165, 1.54) is 43.7 Å². The van der Waals surface area contributed by atoms with Crippen LogP contribution in [0.25, 0.3) is 93.6 Å². The van der Waals surface area contributed by atoms with E-state index in [9.17, 15) is 0 Å². The van der Waals surface area contributed by atoms with Gasteiger partial charge in [0.05, 0.1) is 16.7 Å². The summed E-state index contributed by atoms with van der Waals surface area (Å²) in [5.41, 5.74) is 15.6. The lowest BCUT2D eigenvalue weighted by atomic mass is 9.97. The topological polar surface area (TPSA) is 21.3 Å². The van der Waals surface area contributed by atoms with Crippen molar-refractivity contribution in [2.75, 3.05) is 4.90 Å². The van der Waals surface area contributed by atoms with Gasteiger partial charge in [-0.3, -0.25) is 0 Å². The van der Waals surface area contributed by atoms with Gasteiger partial charge in [-0.1, -0.05) is 158 Å². The first-order valence-electron chi connectivity index (χ1n) is 20.8. The summed E-state index contributed by atoms with van der Waals surface area (Å²) in [5.74, 6) is 0. The van der Waals surface area contributed by atoms with Gasteiger partial charge in [-0.25, -0.2) is 0 Å². The van der Waals surface area contributed by atoms with Crippen molar-refractivity contribution in [2.45, 2.75) is 0 Å². The highest BCUT2D eigenvalue weighted by atomic mass is 16.3. The third-order valence-corrected chi connectivity index (χ3v) is 12.2. The molecule has 10 aromatic carbocycles. The van der Waals surface area contributed by atoms with Crippen molar-refractivity contribution in [3.8, 4) is 39.1 Å². The SMILES string of the molecule is c1ccc(N(c2ccc(-c3ccc(-n4c5ccccc5c5ccccc54)cc3)cc2)c2ccc(-c3cccc4oc5ccccc5c34)cc2)c(-c2ccc3ccccc3c2)c1. The first-order valence-corrected chi connectivity index (χ1v) is 20.8. The van der Waals surface area contributed by atoms with E-state index in [-0.39, 0.29) is 0 Å². The van der Waals surface area contributed by atoms with Gasteiger partial charge >= 0.3 is 0 Å². The first-order chi connectivity index (χ1) is 30.2. The van der Waals surface area contributed by atoms with E-state index in [1.54, 1.807) is 0 Å². The van der Waals surface area contributed by atoms with Crippen molar-refractivity contribution >= 4 is 71.6 Å². The maximum Gasteiger partial charge on any atom is 0.136 e. The van der Waals surface area contributed by atoms with Crippen LogP contribution in [-0.2, 0) is 0 Å². The molecule has 2 aromatic heterocycles. The maximum atomic E-state index is 6.26. The minimum Gasteiger partial charge on any atom is -0.456 e. The van der Waals surface area contributed by atoms with Gasteiger partial charge < -0.3 is 13.9 Å². The molecule has 0 amide bonds. The highest BCUT2D eigenvalue weighted by Crippen LogP contribution is 2.44. The third-order valence-electron chi connectivity index (χ3n) is 12.2. The molecular weight excluding hydrogens is 741 g/mol. The number of hydrogen-bond donors (Lipinski definition) is 0. The Balaban J connectivity index is 0.947. The van der Waals surface area contributed by atoms with Gasteiger partial charge in [-0.2, -0.15) is 0 Å². The number of furan rings is 1. The fourth-order valence-corrected chi connectivity index (χ4v) is 9.31. The lowest BCUT2D eigenvalue weighted by Crippen LogP contribution is -2.11. The molecule has 0 aliphatic heterocycles. The van der Waals surface area contributed by atoms with Crippen molar-refractivity contribution in [1.82, 2.24) is 4.57 Å². The van der Waals surface area contributed by atoms with Crippen LogP contribution >= 0.6 is 0 Å². The predicted molar refractivity (Wildman–Crippen MR) is 257 cm³/mol. The Kier molecular flexibility index (Phi) is 8.17. The fourth-order valence-electron chi connectivity index (χ4n) is 9.31. The molecule has 12 aromatic rings. The summed E-state index contributed by atoms with van der Waals surface area (Å²) in [4.78, 5) is 2.39. The van der Waals surface area contributed by atoms with Crippen LogP contribution in [0.2, 0.25) is 0 Å². The van der Waals surface area contributed by atoms with E-state index in [2.05, 4.69) is 228 Å². The standard InChI is InChI=1S/C58H38N2O/c1-2-13-43-38-44(25-24-39(43)12-1)48-14-3-7-19-53(48)59(46-36-30-42(31-37-46)49-18-11-23-57-58(49)52-17-6-10-22-56(52)61-57)45-32-26-40(27-33-45)41-28-34-47(35-29-41)60-54-20-8-4-15-50(54)51-16-5-9-21-55(51)60/h1-38H. The zero-order valence-electron chi connectivity index (χ0n) is 33.2. The van der Waals surface area contributed by atoms with Crippen LogP contribution in [0, 0.1) is 0 Å². The van der Waals surface area contributed by atoms with Gasteiger partial charge in [0, 0.05) is 44.2 Å². The van der Waals surface area contributed by atoms with Gasteiger partial charge in [-0.05, 0) is 111 Å². The minimum atomic E-state index is 0.898. The van der Waals surface area contributed by atoms with Crippen molar-refractivity contribution in [3.63, 3.8) is 0 Å². The number of para-hydroxylation sites is 4. The molecule has 61 heavy (non-hydrogen) atoms. The molecular formula is C58H38N2O. The maximum absolute atomic E-state index is 6.26. The molecule has 0 unspecified atom stereocenters. The Labute approximate surface area is 353 Å². The van der Waals surface area contributed by atoms with Crippen LogP contribution in [0.5, 0.6) is 0 Å². The average Bonchev–Trinajstić information content (AvgIpc) is 3.88. The molecule has 12 rings (SSSR count). The highest BCUT2D eigenvalue weighted by molar-refractivity contribution is 6.12. The molecule has 0 saturated heterocycles. The average molecular weight is 779 g/mol. The van der Waals surface area contributed by atoms with Crippen LogP contribution in [-0.4, -0.2) is 4.57 Å². The predicted octanol–water partition coefficient (Wildman–Crippen LogP) is 16.3. The summed E-state index contributed by atoms with van der Waals surface area (Å²) in [5, 5.41) is 7.26. The summed E-state index contributed by atoms with van der Waals surface area (Å²) >= 11 is 0. The number of hydrogen-bond acceptors (Lipinski definition) is 2. The van der Waals surface area contributed by atoms with Crippen LogP contribution in [0.3, 0.4) is 0 Å². The molecule has 0 saturated carbocycles. The largest absolute Gasteiger partial charge is 0.456 e. The van der Waals surface area contributed by atoms with Crippen molar-refractivity contribution < 1.29 is 4.42 Å². The molecule has 0 bridgehead atoms. The number of rotatable bonds is 7. The van der Waals surface area contributed by atoms with E-state index in [0.717, 1.165) is 66.9 Å². The first kappa shape index (κ1) is 34.9. The smallest absolute Gasteiger partial charge is 0.136 e. The number of fused-ring (bicyclic) bond motifs is 7. The molecule has 0 atom stereocenters. The third kappa shape index (κ3) is 5.90. The van der Waals surface area contributed by atoms with E-state index in [0.29, 0.717) is 0 Å². The Bertz CT molecular complexity index is 3520. The molecule has 3 nitrogen and oxygen atoms in total. The quantitative estimate of drug-likeness (QED) is 0.161. The van der Waals surface area contributed by atoms with Gasteiger partial charge in [0.2, 0.25) is 0 Å². The summed E-state index contributed by atoms with van der Waals surface area (Å²) in [6.45, 7) is 0. The summed E-state index contributed by atoms with van der Waals surface area (Å²) in [6.07, 6.45) is 0. The number of nitrogens with zero attached hydrogens (tertiary/aromatic N) is 2. The Morgan fingerprint density at radius 3 is 1.59 bits per heavy atom. The van der Waals surface area contributed by atoms with E-state index >= 15 is 0 Å². The molecule has 2 heterocycles. The normalized spacial score (nSPS) is 11.6. The van der Waals surface area contributed by atoms with Crippen molar-refractivity contribution in [3.05, 3.63) is 231 Å². The van der Waals surface area contributed by atoms with Crippen LogP contribution in [0.4, 0.5) is 17.1 Å². The van der Waals surface area contributed by atoms with Gasteiger partial charge in [-0.15, -0.1) is 0 Å². The Morgan fingerprint density at radius 2 is 0.869 bits per heavy atom. The number of aromatic nitrogens is 1. The zero-order valence-corrected chi connectivity index (χ0v) is 33.2. The Hall–Kier alpha value is -8.14. The molecule has 0 spiro atoms. The fraction of sp³-hybridized carbons (Fsp3) is 0. The van der Waals surface area contributed by atoms with Crippen LogP contribution in [0.1, 0.15) is 0 Å². The monoisotopic (exact) mass is 778 g/mol. The lowest BCUT2D eigenvalue weighted by molar-refractivity contribution is 0.669. The van der Waals surface area contributed by atoms with E-state index in [4.69, 9.17) is 4.42 Å². The van der Waals surface area contributed by atoms with Crippen LogP contribution in [0.15, 0.2) is 235 Å². The molecule has 0 aliphatic rings. The van der Waals surface area contributed by atoms with Gasteiger partial charge in [0.1, 0.15) is 11.2 Å². The molecule has 0 fully saturated rings. The second-order valence-electron chi connectivity index (χ2n) is 15.7. The second kappa shape index (κ2) is 14.3. The number of anilines is 3. The highest BCUT2D eigenvalue weighted by Gasteiger charge is 2.19. The van der Waals surface area contributed by atoms with Crippen molar-refractivity contribution in [1.29, 1.82) is 0 Å². The van der Waals surface area contributed by atoms with Crippen molar-refractivity contribution in [2.24, 2.45) is 0 Å². The minimum absolute atomic E-state index is 0.898.